The van der Waals surface area contributed by atoms with Gasteiger partial charge >= 0.3 is 5.97 Å². The maximum absolute atomic E-state index is 12.7. The lowest BCUT2D eigenvalue weighted by Crippen LogP contribution is -2.48. The molecule has 8 heteroatoms. The average Bonchev–Trinajstić information content (AvgIpc) is 3.31. The summed E-state index contributed by atoms with van der Waals surface area (Å²) in [6.07, 6.45) is 1.37. The highest BCUT2D eigenvalue weighted by Gasteiger charge is 2.24. The van der Waals surface area contributed by atoms with Crippen molar-refractivity contribution in [3.05, 3.63) is 83.1 Å². The summed E-state index contributed by atoms with van der Waals surface area (Å²) >= 11 is 0. The van der Waals surface area contributed by atoms with E-state index < -0.39 is 17.9 Å². The molecular weight excluding hydrogens is 446 g/mol. The van der Waals surface area contributed by atoms with Gasteiger partial charge in [-0.3, -0.25) is 9.59 Å². The van der Waals surface area contributed by atoms with Gasteiger partial charge < -0.3 is 14.5 Å². The van der Waals surface area contributed by atoms with Gasteiger partial charge in [0, 0.05) is 11.1 Å². The number of benzene rings is 2. The molecule has 0 unspecified atom stereocenters. The Kier molecular flexibility index (Phi) is 8.56. The van der Waals surface area contributed by atoms with Crippen molar-refractivity contribution in [2.24, 2.45) is 11.0 Å². The molecule has 35 heavy (non-hydrogen) atoms. The van der Waals surface area contributed by atoms with Crippen LogP contribution in [0.25, 0.3) is 11.3 Å². The van der Waals surface area contributed by atoms with E-state index in [1.54, 1.807) is 55.5 Å². The summed E-state index contributed by atoms with van der Waals surface area (Å²) in [4.78, 5) is 37.2. The fourth-order valence-corrected chi connectivity index (χ4v) is 3.37. The van der Waals surface area contributed by atoms with E-state index in [2.05, 4.69) is 15.8 Å². The zero-order valence-corrected chi connectivity index (χ0v) is 20.2. The first-order chi connectivity index (χ1) is 16.8. The first-order valence-corrected chi connectivity index (χ1v) is 11.4. The number of rotatable bonds is 9. The number of nitrogens with one attached hydrogen (secondary N) is 2. The van der Waals surface area contributed by atoms with Gasteiger partial charge in [0.25, 0.3) is 11.8 Å². The monoisotopic (exact) mass is 475 g/mol. The first kappa shape index (κ1) is 25.4. The fourth-order valence-electron chi connectivity index (χ4n) is 3.37. The molecule has 2 amide bonds. The van der Waals surface area contributed by atoms with Crippen molar-refractivity contribution >= 4 is 24.0 Å². The van der Waals surface area contributed by atoms with Gasteiger partial charge in [-0.1, -0.05) is 43.7 Å². The van der Waals surface area contributed by atoms with Crippen molar-refractivity contribution < 1.29 is 23.5 Å². The van der Waals surface area contributed by atoms with Crippen LogP contribution in [0.4, 0.5) is 0 Å². The molecule has 0 bridgehead atoms. The number of esters is 1. The zero-order chi connectivity index (χ0) is 25.4. The minimum atomic E-state index is -0.766. The Morgan fingerprint density at radius 2 is 1.77 bits per heavy atom. The Bertz CT molecular complexity index is 1230. The van der Waals surface area contributed by atoms with Crippen LogP contribution in [-0.2, 0) is 9.53 Å². The van der Waals surface area contributed by atoms with Gasteiger partial charge in [0.1, 0.15) is 17.6 Å². The van der Waals surface area contributed by atoms with Crippen molar-refractivity contribution in [3.8, 4) is 11.3 Å². The predicted octanol–water partition coefficient (Wildman–Crippen LogP) is 4.34. The van der Waals surface area contributed by atoms with Gasteiger partial charge in [-0.15, -0.1) is 0 Å². The van der Waals surface area contributed by atoms with Gasteiger partial charge in [-0.2, -0.15) is 5.10 Å². The largest absolute Gasteiger partial charge is 0.462 e. The number of aryl methyl sites for hydroxylation is 1. The summed E-state index contributed by atoms with van der Waals surface area (Å²) in [5.74, 6) is -0.375. The maximum atomic E-state index is 12.7. The Hall–Kier alpha value is -4.20. The van der Waals surface area contributed by atoms with Crippen LogP contribution in [-0.4, -0.2) is 36.6 Å². The molecule has 0 saturated carbocycles. The molecule has 0 fully saturated rings. The van der Waals surface area contributed by atoms with Crippen molar-refractivity contribution in [3.63, 3.8) is 0 Å². The van der Waals surface area contributed by atoms with E-state index in [4.69, 9.17) is 9.15 Å². The minimum Gasteiger partial charge on any atom is -0.462 e. The van der Waals surface area contributed by atoms with E-state index in [1.165, 1.54) is 6.21 Å². The number of carbonyl (C=O) groups excluding carboxylic acids is 3. The highest BCUT2D eigenvalue weighted by molar-refractivity contribution is 5.98. The van der Waals surface area contributed by atoms with E-state index in [-0.39, 0.29) is 11.8 Å². The zero-order valence-electron chi connectivity index (χ0n) is 20.2. The summed E-state index contributed by atoms with van der Waals surface area (Å²) < 4.78 is 10.8. The molecule has 0 aliphatic rings. The molecule has 0 aliphatic heterocycles. The Labute approximate surface area is 204 Å². The predicted molar refractivity (Wildman–Crippen MR) is 133 cm³/mol. The van der Waals surface area contributed by atoms with Crippen LogP contribution in [0, 0.1) is 12.8 Å². The van der Waals surface area contributed by atoms with Crippen LogP contribution in [0.5, 0.6) is 0 Å². The molecule has 0 spiro atoms. The topological polar surface area (TPSA) is 110 Å². The van der Waals surface area contributed by atoms with Crippen LogP contribution in [0.2, 0.25) is 0 Å². The standard InChI is InChI=1S/C27H29N3O5/c1-5-34-27(33)21-11-7-9-19(15-21)23-13-12-22(35-23)16-28-30-26(32)24(17(2)3)29-25(31)20-10-6-8-18(4)14-20/h6-17,24H,5H2,1-4H3,(H,29,31)(H,30,32)/b28-16+/t24-/m0/s1. The van der Waals surface area contributed by atoms with Crippen LogP contribution in [0.15, 0.2) is 70.2 Å². The third-order valence-corrected chi connectivity index (χ3v) is 5.17. The third-order valence-electron chi connectivity index (χ3n) is 5.17. The van der Waals surface area contributed by atoms with Crippen LogP contribution >= 0.6 is 0 Å². The highest BCUT2D eigenvalue weighted by Crippen LogP contribution is 2.23. The van der Waals surface area contributed by atoms with Crippen molar-refractivity contribution in [1.29, 1.82) is 0 Å². The Morgan fingerprint density at radius 3 is 2.49 bits per heavy atom. The highest BCUT2D eigenvalue weighted by atomic mass is 16.5. The summed E-state index contributed by atoms with van der Waals surface area (Å²) in [6.45, 7) is 7.63. The Morgan fingerprint density at radius 1 is 1.03 bits per heavy atom. The minimum absolute atomic E-state index is 0.152. The van der Waals surface area contributed by atoms with E-state index in [0.29, 0.717) is 34.8 Å². The number of hydrogen-bond acceptors (Lipinski definition) is 6. The molecule has 8 nitrogen and oxygen atoms in total. The first-order valence-electron chi connectivity index (χ1n) is 11.4. The van der Waals surface area contributed by atoms with E-state index in [0.717, 1.165) is 5.56 Å². The number of carbonyl (C=O) groups is 3. The molecule has 0 saturated heterocycles. The molecule has 2 aromatic carbocycles. The maximum Gasteiger partial charge on any atom is 0.338 e. The van der Waals surface area contributed by atoms with E-state index >= 15 is 0 Å². The number of hydrazone groups is 1. The van der Waals surface area contributed by atoms with Crippen LogP contribution < -0.4 is 10.7 Å². The van der Waals surface area contributed by atoms with Crippen LogP contribution in [0.3, 0.4) is 0 Å². The molecule has 3 aromatic rings. The van der Waals surface area contributed by atoms with E-state index in [1.807, 2.05) is 32.9 Å². The molecule has 1 atom stereocenters. The lowest BCUT2D eigenvalue weighted by molar-refractivity contribution is -0.123. The van der Waals surface area contributed by atoms with Crippen molar-refractivity contribution in [1.82, 2.24) is 10.7 Å². The van der Waals surface area contributed by atoms with Crippen LogP contribution in [0.1, 0.15) is 52.8 Å². The molecule has 0 radical (unpaired) electrons. The average molecular weight is 476 g/mol. The summed E-state index contributed by atoms with van der Waals surface area (Å²) in [5.41, 5.74) is 5.04. The normalized spacial score (nSPS) is 11.9. The van der Waals surface area contributed by atoms with Gasteiger partial charge in [0.15, 0.2) is 0 Å². The number of amides is 2. The van der Waals surface area contributed by atoms with Gasteiger partial charge in [0.05, 0.1) is 18.4 Å². The lowest BCUT2D eigenvalue weighted by Gasteiger charge is -2.20. The fraction of sp³-hybridized carbons (Fsp3) is 0.259. The molecule has 0 aliphatic carbocycles. The SMILES string of the molecule is CCOC(=O)c1cccc(-c2ccc(/C=N/NC(=O)[C@@H](NC(=O)c3cccc(C)c3)C(C)C)o2)c1. The van der Waals surface area contributed by atoms with Crippen molar-refractivity contribution in [2.45, 2.75) is 33.7 Å². The van der Waals surface area contributed by atoms with E-state index in [9.17, 15) is 14.4 Å². The molecule has 1 heterocycles. The number of furan rings is 1. The molecule has 1 aromatic heterocycles. The summed E-state index contributed by atoms with van der Waals surface area (Å²) in [6, 6.07) is 16.7. The lowest BCUT2D eigenvalue weighted by atomic mass is 10.0. The number of ether oxygens (including phenoxy) is 1. The second-order valence-electron chi connectivity index (χ2n) is 8.30. The molecule has 2 N–H and O–H groups in total. The second kappa shape index (κ2) is 11.8. The third kappa shape index (κ3) is 6.89. The van der Waals surface area contributed by atoms with Gasteiger partial charge in [0.2, 0.25) is 0 Å². The molecular formula is C27H29N3O5. The van der Waals surface area contributed by atoms with Gasteiger partial charge in [-0.05, 0) is 56.2 Å². The summed E-state index contributed by atoms with van der Waals surface area (Å²) in [5, 5.41) is 6.74. The Balaban J connectivity index is 1.63. The van der Waals surface area contributed by atoms with Crippen molar-refractivity contribution in [2.75, 3.05) is 6.61 Å². The molecule has 182 valence electrons. The molecule has 3 rings (SSSR count). The smallest absolute Gasteiger partial charge is 0.338 e. The number of hydrogen-bond donors (Lipinski definition) is 2. The summed E-state index contributed by atoms with van der Waals surface area (Å²) in [7, 11) is 0. The quantitative estimate of drug-likeness (QED) is 0.272. The second-order valence-corrected chi connectivity index (χ2v) is 8.30. The van der Waals surface area contributed by atoms with Gasteiger partial charge in [-0.25, -0.2) is 10.2 Å². The number of nitrogens with zero attached hydrogens (tertiary/aromatic N) is 1.